The van der Waals surface area contributed by atoms with Crippen molar-refractivity contribution in [2.24, 2.45) is 0 Å². The summed E-state index contributed by atoms with van der Waals surface area (Å²) in [6.45, 7) is 1.44. The Hall–Kier alpha value is -4.50. The Morgan fingerprint density at radius 3 is 2.24 bits per heavy atom. The van der Waals surface area contributed by atoms with Crippen LogP contribution in [0.15, 0.2) is 102 Å². The maximum Gasteiger partial charge on any atom is 0.488 e. The fraction of sp³-hybridized carbons (Fsp3) is 0.176. The number of carbonyl (C=O) groups is 1. The molecule has 0 aliphatic rings. The molecule has 1 aromatic heterocycles. The largest absolute Gasteiger partial charge is 0.488 e. The molecule has 0 amide bonds. The van der Waals surface area contributed by atoms with Crippen molar-refractivity contribution in [2.75, 3.05) is 26.0 Å². The van der Waals surface area contributed by atoms with Gasteiger partial charge in [-0.05, 0) is 53.0 Å². The first-order valence-electron chi connectivity index (χ1n) is 13.9. The van der Waals surface area contributed by atoms with Gasteiger partial charge in [0.1, 0.15) is 0 Å². The average molecular weight is 559 g/mol. The van der Waals surface area contributed by atoms with Crippen molar-refractivity contribution < 1.29 is 14.8 Å². The molecule has 7 nitrogen and oxygen atoms in total. The van der Waals surface area contributed by atoms with E-state index in [1.54, 1.807) is 16.7 Å². The van der Waals surface area contributed by atoms with E-state index in [9.17, 15) is 19.6 Å². The summed E-state index contributed by atoms with van der Waals surface area (Å²) in [7, 11) is 4.35. The number of hydrogen-bond acceptors (Lipinski definition) is 6. The summed E-state index contributed by atoms with van der Waals surface area (Å²) in [5, 5.41) is 20.3. The molecule has 0 bridgehead atoms. The van der Waals surface area contributed by atoms with Crippen LogP contribution in [0, 0.1) is 0 Å². The van der Waals surface area contributed by atoms with Crippen molar-refractivity contribution in [1.82, 2.24) is 9.47 Å². The molecule has 0 aliphatic heterocycles. The zero-order chi connectivity index (χ0) is 29.8. The van der Waals surface area contributed by atoms with Gasteiger partial charge in [-0.15, -0.1) is 0 Å². The summed E-state index contributed by atoms with van der Waals surface area (Å²) < 4.78 is 1.69. The number of carbonyl (C=O) groups excluding carboxylic acids is 1. The van der Waals surface area contributed by atoms with Gasteiger partial charge in [0.2, 0.25) is 0 Å². The third kappa shape index (κ3) is 6.06. The third-order valence-electron chi connectivity index (χ3n) is 7.55. The minimum atomic E-state index is -1.54. The summed E-state index contributed by atoms with van der Waals surface area (Å²) in [6, 6.07) is 30.9. The van der Waals surface area contributed by atoms with Crippen molar-refractivity contribution >= 4 is 35.5 Å². The van der Waals surface area contributed by atoms with Crippen LogP contribution >= 0.6 is 0 Å². The van der Waals surface area contributed by atoms with Gasteiger partial charge < -0.3 is 19.5 Å². The van der Waals surface area contributed by atoms with Crippen LogP contribution in [0.3, 0.4) is 0 Å². The molecule has 0 aliphatic carbocycles. The van der Waals surface area contributed by atoms with Crippen LogP contribution < -0.4 is 15.9 Å². The standard InChI is InChI=1S/C34H34BN3O4/c1-36(2)28-16-17-29-32(19-28)38(21-24-10-5-4-6-11-24)34(40)30(23-39)33(29)26-14-9-12-25(18-26)20-37(3)22-27-13-7-8-15-31(27)35(41)42/h4-19,23,41-42H,20-22H2,1-3H3. The molecule has 0 spiro atoms. The Balaban J connectivity index is 1.58. The number of pyridine rings is 1. The lowest BCUT2D eigenvalue weighted by molar-refractivity contribution is 0.112. The number of aromatic nitrogens is 1. The first-order valence-corrected chi connectivity index (χ1v) is 13.9. The fourth-order valence-corrected chi connectivity index (χ4v) is 5.50. The van der Waals surface area contributed by atoms with Crippen molar-refractivity contribution in [3.63, 3.8) is 0 Å². The number of rotatable bonds is 10. The second kappa shape index (κ2) is 12.6. The lowest BCUT2D eigenvalue weighted by Crippen LogP contribution is -2.34. The maximum absolute atomic E-state index is 13.9. The van der Waals surface area contributed by atoms with E-state index in [4.69, 9.17) is 0 Å². The minimum absolute atomic E-state index is 0.132. The average Bonchev–Trinajstić information content (AvgIpc) is 2.98. The molecular formula is C34H34BN3O4. The van der Waals surface area contributed by atoms with Gasteiger partial charge in [0.25, 0.3) is 5.56 Å². The molecule has 0 radical (unpaired) electrons. The first-order chi connectivity index (χ1) is 20.3. The summed E-state index contributed by atoms with van der Waals surface area (Å²) in [5.74, 6) is 0. The number of hydrogen-bond donors (Lipinski definition) is 2. The second-order valence-corrected chi connectivity index (χ2v) is 10.8. The molecule has 1 heterocycles. The van der Waals surface area contributed by atoms with Crippen molar-refractivity contribution in [2.45, 2.75) is 19.6 Å². The van der Waals surface area contributed by atoms with Crippen LogP contribution in [0.2, 0.25) is 0 Å². The molecule has 0 fully saturated rings. The molecule has 5 aromatic rings. The number of benzene rings is 4. The van der Waals surface area contributed by atoms with Crippen molar-refractivity contribution in [3.8, 4) is 11.1 Å². The quantitative estimate of drug-likeness (QED) is 0.200. The number of aldehydes is 1. The predicted molar refractivity (Wildman–Crippen MR) is 170 cm³/mol. The van der Waals surface area contributed by atoms with E-state index in [0.717, 1.165) is 38.8 Å². The molecule has 4 aromatic carbocycles. The van der Waals surface area contributed by atoms with Gasteiger partial charge in [-0.3, -0.25) is 14.5 Å². The Labute approximate surface area is 246 Å². The third-order valence-corrected chi connectivity index (χ3v) is 7.55. The smallest absolute Gasteiger partial charge is 0.423 e. The Morgan fingerprint density at radius 1 is 0.810 bits per heavy atom. The maximum atomic E-state index is 13.9. The number of anilines is 1. The monoisotopic (exact) mass is 559 g/mol. The van der Waals surface area contributed by atoms with Crippen LogP contribution in [0.5, 0.6) is 0 Å². The lowest BCUT2D eigenvalue weighted by Gasteiger charge is -2.21. The highest BCUT2D eigenvalue weighted by atomic mass is 16.4. The Kier molecular flexibility index (Phi) is 8.68. The molecule has 0 unspecified atom stereocenters. The summed E-state index contributed by atoms with van der Waals surface area (Å²) >= 11 is 0. The van der Waals surface area contributed by atoms with Gasteiger partial charge >= 0.3 is 7.12 Å². The molecule has 0 saturated heterocycles. The van der Waals surface area contributed by atoms with Gasteiger partial charge in [-0.25, -0.2) is 0 Å². The molecular weight excluding hydrogens is 525 g/mol. The number of fused-ring (bicyclic) bond motifs is 1. The van der Waals surface area contributed by atoms with Crippen molar-refractivity contribution in [3.05, 3.63) is 130 Å². The van der Waals surface area contributed by atoms with E-state index in [1.165, 1.54) is 0 Å². The van der Waals surface area contributed by atoms with Crippen molar-refractivity contribution in [1.29, 1.82) is 0 Å². The molecule has 0 saturated carbocycles. The first kappa shape index (κ1) is 29.0. The zero-order valence-corrected chi connectivity index (χ0v) is 24.1. The van der Waals surface area contributed by atoms with Gasteiger partial charge in [-0.1, -0.05) is 78.9 Å². The minimum Gasteiger partial charge on any atom is -0.423 e. The predicted octanol–water partition coefficient (Wildman–Crippen LogP) is 3.91. The van der Waals surface area contributed by atoms with Gasteiger partial charge in [-0.2, -0.15) is 0 Å². The molecule has 5 rings (SSSR count). The molecule has 2 N–H and O–H groups in total. The highest BCUT2D eigenvalue weighted by Crippen LogP contribution is 2.33. The van der Waals surface area contributed by atoms with E-state index >= 15 is 0 Å². The summed E-state index contributed by atoms with van der Waals surface area (Å²) in [6.07, 6.45) is 0.675. The molecule has 8 heteroatoms. The van der Waals surface area contributed by atoms with Crippen LogP contribution in [-0.4, -0.2) is 54.1 Å². The van der Waals surface area contributed by atoms with E-state index in [2.05, 4.69) is 4.90 Å². The highest BCUT2D eigenvalue weighted by molar-refractivity contribution is 6.59. The summed E-state index contributed by atoms with van der Waals surface area (Å²) in [5.41, 5.74) is 6.23. The topological polar surface area (TPSA) is 86.0 Å². The van der Waals surface area contributed by atoms with Gasteiger partial charge in [0.15, 0.2) is 6.29 Å². The molecule has 0 atom stereocenters. The second-order valence-electron chi connectivity index (χ2n) is 10.8. The van der Waals surface area contributed by atoms with E-state index < -0.39 is 7.12 Å². The van der Waals surface area contributed by atoms with Gasteiger partial charge in [0, 0.05) is 43.8 Å². The Bertz CT molecular complexity index is 1780. The van der Waals surface area contributed by atoms with Crippen LogP contribution in [0.4, 0.5) is 5.69 Å². The normalized spacial score (nSPS) is 11.2. The van der Waals surface area contributed by atoms with Gasteiger partial charge in [0.05, 0.1) is 17.6 Å². The van der Waals surface area contributed by atoms with E-state index in [-0.39, 0.29) is 11.1 Å². The van der Waals surface area contributed by atoms with Crippen LogP contribution in [-0.2, 0) is 19.6 Å². The van der Waals surface area contributed by atoms with Crippen LogP contribution in [0.1, 0.15) is 27.0 Å². The van der Waals surface area contributed by atoms with E-state index in [0.29, 0.717) is 36.9 Å². The SMILES string of the molecule is CN(Cc1cccc(-c2c(C=O)c(=O)n(Cc3ccccc3)c3cc(N(C)C)ccc23)c1)Cc1ccccc1B(O)O. The molecule has 42 heavy (non-hydrogen) atoms. The number of nitrogens with zero attached hydrogens (tertiary/aromatic N) is 3. The summed E-state index contributed by atoms with van der Waals surface area (Å²) in [4.78, 5) is 30.5. The Morgan fingerprint density at radius 2 is 1.52 bits per heavy atom. The zero-order valence-electron chi connectivity index (χ0n) is 24.1. The molecule has 212 valence electrons. The fourth-order valence-electron chi connectivity index (χ4n) is 5.50. The lowest BCUT2D eigenvalue weighted by atomic mass is 9.77. The van der Waals surface area contributed by atoms with Crippen LogP contribution in [0.25, 0.3) is 22.0 Å². The van der Waals surface area contributed by atoms with E-state index in [1.807, 2.05) is 111 Å². The highest BCUT2D eigenvalue weighted by Gasteiger charge is 2.20.